The highest BCUT2D eigenvalue weighted by molar-refractivity contribution is 5.79. The van der Waals surface area contributed by atoms with Crippen LogP contribution in [0.5, 0.6) is 0 Å². The Bertz CT molecular complexity index is 426. The van der Waals surface area contributed by atoms with Crippen LogP contribution in [0, 0.1) is 11.3 Å². The fraction of sp³-hybridized carbons (Fsp3) is 0.875. The van der Waals surface area contributed by atoms with Crippen LogP contribution in [0.1, 0.15) is 39.5 Å². The maximum absolute atomic E-state index is 12.2. The minimum Gasteiger partial charge on any atom is -0.392 e. The molecule has 1 saturated heterocycles. The number of nitrogens with zero attached hydrogens (tertiary/aromatic N) is 3. The van der Waals surface area contributed by atoms with E-state index in [1.54, 1.807) is 6.92 Å². The SMILES string of the molecule is CC(O)CN1CCN(CC(=O)NC2(C#N)CCCC2)CC1C. The molecular weight excluding hydrogens is 280 g/mol. The predicted molar refractivity (Wildman–Crippen MR) is 84.1 cm³/mol. The van der Waals surface area contributed by atoms with Gasteiger partial charge in [0.25, 0.3) is 0 Å². The molecule has 1 saturated carbocycles. The average molecular weight is 308 g/mol. The molecule has 1 heterocycles. The zero-order valence-electron chi connectivity index (χ0n) is 13.7. The van der Waals surface area contributed by atoms with Gasteiger partial charge < -0.3 is 10.4 Å². The van der Waals surface area contributed by atoms with E-state index in [4.69, 9.17) is 0 Å². The normalized spacial score (nSPS) is 27.3. The van der Waals surface area contributed by atoms with E-state index in [0.29, 0.717) is 19.1 Å². The number of amides is 1. The zero-order valence-corrected chi connectivity index (χ0v) is 13.7. The maximum Gasteiger partial charge on any atom is 0.235 e. The first-order chi connectivity index (χ1) is 10.4. The Balaban J connectivity index is 1.80. The lowest BCUT2D eigenvalue weighted by Gasteiger charge is -2.40. The highest BCUT2D eigenvalue weighted by Gasteiger charge is 2.36. The minimum atomic E-state index is -0.628. The second kappa shape index (κ2) is 7.40. The van der Waals surface area contributed by atoms with Crippen LogP contribution in [0.4, 0.5) is 0 Å². The quantitative estimate of drug-likeness (QED) is 0.765. The molecule has 0 aromatic rings. The van der Waals surface area contributed by atoms with Crippen molar-refractivity contribution in [2.75, 3.05) is 32.7 Å². The number of carbonyl (C=O) groups excluding carboxylic acids is 1. The number of nitrogens with one attached hydrogen (secondary N) is 1. The third kappa shape index (κ3) is 4.42. The molecule has 6 nitrogen and oxygen atoms in total. The van der Waals surface area contributed by atoms with E-state index >= 15 is 0 Å². The van der Waals surface area contributed by atoms with Crippen molar-refractivity contribution in [3.63, 3.8) is 0 Å². The van der Waals surface area contributed by atoms with Gasteiger partial charge in [0.1, 0.15) is 5.54 Å². The third-order valence-corrected chi connectivity index (χ3v) is 4.76. The number of aliphatic hydroxyl groups is 1. The molecule has 124 valence electrons. The molecule has 0 radical (unpaired) electrons. The molecule has 0 aromatic heterocycles. The summed E-state index contributed by atoms with van der Waals surface area (Å²) >= 11 is 0. The first-order valence-corrected chi connectivity index (χ1v) is 8.31. The Morgan fingerprint density at radius 3 is 2.68 bits per heavy atom. The number of aliphatic hydroxyl groups excluding tert-OH is 1. The molecule has 0 aromatic carbocycles. The Kier molecular flexibility index (Phi) is 5.79. The Morgan fingerprint density at radius 1 is 1.45 bits per heavy atom. The number of rotatable bonds is 5. The molecule has 1 aliphatic carbocycles. The van der Waals surface area contributed by atoms with Gasteiger partial charge in [-0.15, -0.1) is 0 Å². The summed E-state index contributed by atoms with van der Waals surface area (Å²) in [6.07, 6.45) is 3.25. The molecule has 1 amide bonds. The smallest absolute Gasteiger partial charge is 0.235 e. The van der Waals surface area contributed by atoms with E-state index in [-0.39, 0.29) is 12.0 Å². The molecule has 2 rings (SSSR count). The van der Waals surface area contributed by atoms with Gasteiger partial charge in [0.05, 0.1) is 18.7 Å². The van der Waals surface area contributed by atoms with Crippen LogP contribution in [-0.2, 0) is 4.79 Å². The highest BCUT2D eigenvalue weighted by atomic mass is 16.3. The molecule has 2 N–H and O–H groups in total. The van der Waals surface area contributed by atoms with Crippen molar-refractivity contribution in [3.05, 3.63) is 0 Å². The second-order valence-electron chi connectivity index (χ2n) is 6.88. The van der Waals surface area contributed by atoms with Crippen molar-refractivity contribution in [3.8, 4) is 6.07 Å². The minimum absolute atomic E-state index is 0.0420. The first-order valence-electron chi connectivity index (χ1n) is 8.31. The van der Waals surface area contributed by atoms with E-state index < -0.39 is 5.54 Å². The van der Waals surface area contributed by atoms with Crippen molar-refractivity contribution in [2.24, 2.45) is 0 Å². The molecule has 22 heavy (non-hydrogen) atoms. The number of piperazine rings is 1. The van der Waals surface area contributed by atoms with Crippen LogP contribution in [0.25, 0.3) is 0 Å². The van der Waals surface area contributed by atoms with Crippen molar-refractivity contribution in [1.29, 1.82) is 5.26 Å². The van der Waals surface area contributed by atoms with Crippen molar-refractivity contribution < 1.29 is 9.90 Å². The van der Waals surface area contributed by atoms with Gasteiger partial charge >= 0.3 is 0 Å². The van der Waals surface area contributed by atoms with E-state index in [9.17, 15) is 15.2 Å². The summed E-state index contributed by atoms with van der Waals surface area (Å²) in [6.45, 7) is 7.47. The van der Waals surface area contributed by atoms with Gasteiger partial charge in [-0.05, 0) is 39.5 Å². The summed E-state index contributed by atoms with van der Waals surface area (Å²) in [5.74, 6) is -0.0420. The van der Waals surface area contributed by atoms with Gasteiger partial charge in [0.2, 0.25) is 5.91 Å². The van der Waals surface area contributed by atoms with E-state index in [0.717, 1.165) is 45.3 Å². The number of hydrogen-bond acceptors (Lipinski definition) is 5. The molecule has 0 spiro atoms. The number of β-amino-alcohol motifs (C(OH)–C–C–N with tert-alkyl or cyclic N) is 1. The zero-order chi connectivity index (χ0) is 16.2. The monoisotopic (exact) mass is 308 g/mol. The second-order valence-corrected chi connectivity index (χ2v) is 6.88. The van der Waals surface area contributed by atoms with Gasteiger partial charge in [-0.1, -0.05) is 0 Å². The fourth-order valence-corrected chi connectivity index (χ4v) is 3.58. The lowest BCUT2D eigenvalue weighted by molar-refractivity contribution is -0.124. The largest absolute Gasteiger partial charge is 0.392 e. The summed E-state index contributed by atoms with van der Waals surface area (Å²) < 4.78 is 0. The third-order valence-electron chi connectivity index (χ3n) is 4.76. The molecule has 2 unspecified atom stereocenters. The van der Waals surface area contributed by atoms with Crippen LogP contribution in [0.2, 0.25) is 0 Å². The lowest BCUT2D eigenvalue weighted by Crippen LogP contribution is -2.56. The first kappa shape index (κ1) is 17.2. The Hall–Kier alpha value is -1.16. The van der Waals surface area contributed by atoms with E-state index in [1.165, 1.54) is 0 Å². The van der Waals surface area contributed by atoms with Gasteiger partial charge in [-0.2, -0.15) is 5.26 Å². The summed E-state index contributed by atoms with van der Waals surface area (Å²) in [7, 11) is 0. The van der Waals surface area contributed by atoms with Gasteiger partial charge in [-0.25, -0.2) is 0 Å². The fourth-order valence-electron chi connectivity index (χ4n) is 3.58. The number of hydrogen-bond donors (Lipinski definition) is 2. The standard InChI is InChI=1S/C16H28N4O2/c1-13-9-19(7-8-20(13)10-14(2)21)11-15(22)18-16(12-17)5-3-4-6-16/h13-14,21H,3-11H2,1-2H3,(H,18,22). The molecule has 1 aliphatic heterocycles. The molecular formula is C16H28N4O2. The summed E-state index contributed by atoms with van der Waals surface area (Å²) in [5, 5.41) is 21.8. The topological polar surface area (TPSA) is 79.6 Å². The summed E-state index contributed by atoms with van der Waals surface area (Å²) in [4.78, 5) is 16.6. The molecule has 2 atom stereocenters. The van der Waals surface area contributed by atoms with Crippen LogP contribution >= 0.6 is 0 Å². The number of carbonyl (C=O) groups is 1. The van der Waals surface area contributed by atoms with Crippen LogP contribution in [-0.4, -0.2) is 71.2 Å². The predicted octanol–water partition coefficient (Wildman–Crippen LogP) is 0.326. The van der Waals surface area contributed by atoms with Gasteiger partial charge in [-0.3, -0.25) is 14.6 Å². The van der Waals surface area contributed by atoms with Gasteiger partial charge in [0, 0.05) is 32.2 Å². The van der Waals surface area contributed by atoms with Gasteiger partial charge in [0.15, 0.2) is 0 Å². The van der Waals surface area contributed by atoms with Crippen LogP contribution in [0.3, 0.4) is 0 Å². The van der Waals surface area contributed by atoms with Crippen LogP contribution < -0.4 is 5.32 Å². The summed E-state index contributed by atoms with van der Waals surface area (Å²) in [6, 6.07) is 2.62. The van der Waals surface area contributed by atoms with Crippen molar-refractivity contribution in [2.45, 2.75) is 57.2 Å². The van der Waals surface area contributed by atoms with Crippen LogP contribution in [0.15, 0.2) is 0 Å². The highest BCUT2D eigenvalue weighted by Crippen LogP contribution is 2.28. The van der Waals surface area contributed by atoms with E-state index in [2.05, 4.69) is 28.1 Å². The lowest BCUT2D eigenvalue weighted by atomic mass is 10.00. The Labute approximate surface area is 133 Å². The molecule has 6 heteroatoms. The number of nitriles is 1. The Morgan fingerprint density at radius 2 is 2.14 bits per heavy atom. The van der Waals surface area contributed by atoms with Crippen molar-refractivity contribution in [1.82, 2.24) is 15.1 Å². The average Bonchev–Trinajstić information content (AvgIpc) is 2.90. The molecule has 0 bridgehead atoms. The molecule has 2 aliphatic rings. The summed E-state index contributed by atoms with van der Waals surface area (Å²) in [5.41, 5.74) is -0.628. The molecule has 2 fully saturated rings. The van der Waals surface area contributed by atoms with E-state index in [1.807, 2.05) is 0 Å². The van der Waals surface area contributed by atoms with Crippen molar-refractivity contribution >= 4 is 5.91 Å². The maximum atomic E-state index is 12.2.